The normalized spacial score (nSPS) is 22.0. The number of piperidine rings is 1. The van der Waals surface area contributed by atoms with Gasteiger partial charge in [-0.1, -0.05) is 27.7 Å². The third kappa shape index (κ3) is 6.65. The number of thioether (sulfide) groups is 1. The fourth-order valence-corrected chi connectivity index (χ4v) is 4.54. The van der Waals surface area contributed by atoms with Crippen LogP contribution in [0, 0.1) is 11.3 Å². The minimum atomic E-state index is -0.254. The average Bonchev–Trinajstić information content (AvgIpc) is 3.01. The molecule has 5 nitrogen and oxygen atoms in total. The van der Waals surface area contributed by atoms with Crippen LogP contribution in [0.3, 0.4) is 0 Å². The highest BCUT2D eigenvalue weighted by Gasteiger charge is 2.38. The molecule has 2 aliphatic heterocycles. The number of hydrogen-bond donors (Lipinski definition) is 1. The summed E-state index contributed by atoms with van der Waals surface area (Å²) in [5.41, 5.74) is -0.0391. The number of nitrogens with one attached hydrogen (secondary N) is 1. The molecule has 0 radical (unpaired) electrons. The predicted octanol–water partition coefficient (Wildman–Crippen LogP) is 2.59. The Morgan fingerprint density at radius 2 is 1.84 bits per heavy atom. The van der Waals surface area contributed by atoms with Crippen LogP contribution in [0.4, 0.5) is 0 Å². The van der Waals surface area contributed by atoms with Gasteiger partial charge in [0.05, 0.1) is 5.88 Å². The molecule has 2 heterocycles. The van der Waals surface area contributed by atoms with Crippen LogP contribution in [-0.2, 0) is 9.59 Å². The van der Waals surface area contributed by atoms with Crippen molar-refractivity contribution in [2.45, 2.75) is 53.0 Å². The first-order chi connectivity index (χ1) is 11.3. The number of carbonyl (C=O) groups excluding carboxylic acids is 2. The lowest BCUT2D eigenvalue weighted by Crippen LogP contribution is -2.51. The van der Waals surface area contributed by atoms with Crippen LogP contribution in [0.1, 0.15) is 47.0 Å². The van der Waals surface area contributed by atoms with E-state index in [1.54, 1.807) is 11.8 Å². The molecule has 2 rings (SSSR count). The van der Waals surface area contributed by atoms with Crippen LogP contribution in [0.5, 0.6) is 0 Å². The monoisotopic (exact) mass is 391 g/mol. The molecule has 146 valence electrons. The fraction of sp³-hybridized carbons (Fsp3) is 0.889. The Bertz CT molecular complexity index is 448. The van der Waals surface area contributed by atoms with E-state index in [4.69, 9.17) is 0 Å². The molecule has 2 saturated heterocycles. The Labute approximate surface area is 163 Å². The first kappa shape index (κ1) is 22.6. The maximum absolute atomic E-state index is 12.9. The van der Waals surface area contributed by atoms with E-state index in [1.165, 1.54) is 0 Å². The third-order valence-electron chi connectivity index (χ3n) is 4.78. The smallest absolute Gasteiger partial charge is 0.246 e. The molecular weight excluding hydrogens is 358 g/mol. The van der Waals surface area contributed by atoms with Crippen LogP contribution < -0.4 is 5.32 Å². The number of halogens is 1. The SMILES string of the molecule is CCNCC1CCN(C(=O)C2CSCN2C(=O)CC(C)(C)C)CC1.Cl. The highest BCUT2D eigenvalue weighted by atomic mass is 35.5. The molecule has 1 unspecified atom stereocenters. The van der Waals surface area contributed by atoms with Gasteiger partial charge in [0.25, 0.3) is 0 Å². The van der Waals surface area contributed by atoms with Gasteiger partial charge in [0.2, 0.25) is 11.8 Å². The van der Waals surface area contributed by atoms with Crippen molar-refractivity contribution >= 4 is 36.0 Å². The molecule has 25 heavy (non-hydrogen) atoms. The van der Waals surface area contributed by atoms with Crippen molar-refractivity contribution in [3.05, 3.63) is 0 Å². The second kappa shape index (κ2) is 10.0. The zero-order valence-electron chi connectivity index (χ0n) is 16.0. The second-order valence-electron chi connectivity index (χ2n) is 8.19. The van der Waals surface area contributed by atoms with Gasteiger partial charge in [-0.15, -0.1) is 24.2 Å². The van der Waals surface area contributed by atoms with Crippen molar-refractivity contribution in [3.8, 4) is 0 Å². The molecule has 7 heteroatoms. The van der Waals surface area contributed by atoms with Gasteiger partial charge < -0.3 is 15.1 Å². The average molecular weight is 392 g/mol. The molecule has 0 aliphatic carbocycles. The van der Waals surface area contributed by atoms with Crippen molar-refractivity contribution in [2.75, 3.05) is 37.8 Å². The second-order valence-corrected chi connectivity index (χ2v) is 9.19. The number of carbonyl (C=O) groups is 2. The van der Waals surface area contributed by atoms with Gasteiger partial charge in [-0.25, -0.2) is 0 Å². The van der Waals surface area contributed by atoms with E-state index >= 15 is 0 Å². The molecule has 0 aromatic rings. The molecule has 0 spiro atoms. The summed E-state index contributed by atoms with van der Waals surface area (Å²) in [4.78, 5) is 29.3. The van der Waals surface area contributed by atoms with E-state index in [-0.39, 0.29) is 35.7 Å². The standard InChI is InChI=1S/C18H33N3O2S.ClH/c1-5-19-11-14-6-8-20(9-7-14)17(23)15-12-24-13-21(15)16(22)10-18(2,3)4;/h14-15,19H,5-13H2,1-4H3;1H. The van der Waals surface area contributed by atoms with Crippen molar-refractivity contribution in [2.24, 2.45) is 11.3 Å². The Morgan fingerprint density at radius 3 is 2.40 bits per heavy atom. The van der Waals surface area contributed by atoms with Gasteiger partial charge in [-0.2, -0.15) is 0 Å². The van der Waals surface area contributed by atoms with E-state index < -0.39 is 0 Å². The molecule has 0 saturated carbocycles. The topological polar surface area (TPSA) is 52.7 Å². The van der Waals surface area contributed by atoms with Gasteiger partial charge in [0.1, 0.15) is 6.04 Å². The van der Waals surface area contributed by atoms with E-state index in [1.807, 2.05) is 9.80 Å². The van der Waals surface area contributed by atoms with Gasteiger partial charge in [-0.3, -0.25) is 9.59 Å². The number of nitrogens with zero attached hydrogens (tertiary/aromatic N) is 2. The summed E-state index contributed by atoms with van der Waals surface area (Å²) in [6.45, 7) is 12.0. The summed E-state index contributed by atoms with van der Waals surface area (Å²) in [5.74, 6) is 2.34. The van der Waals surface area contributed by atoms with E-state index in [2.05, 4.69) is 33.0 Å². The minimum absolute atomic E-state index is 0. The first-order valence-corrected chi connectivity index (χ1v) is 10.3. The van der Waals surface area contributed by atoms with Crippen LogP contribution in [0.2, 0.25) is 0 Å². The molecule has 1 atom stereocenters. The lowest BCUT2D eigenvalue weighted by Gasteiger charge is -2.35. The van der Waals surface area contributed by atoms with Crippen molar-refractivity contribution in [1.29, 1.82) is 0 Å². The number of amides is 2. The van der Waals surface area contributed by atoms with Gasteiger partial charge >= 0.3 is 0 Å². The summed E-state index contributed by atoms with van der Waals surface area (Å²) in [5, 5.41) is 3.40. The number of rotatable bonds is 5. The highest BCUT2D eigenvalue weighted by molar-refractivity contribution is 7.99. The molecule has 2 fully saturated rings. The van der Waals surface area contributed by atoms with Gasteiger partial charge in [0.15, 0.2) is 0 Å². The summed E-state index contributed by atoms with van der Waals surface area (Å²) >= 11 is 1.70. The van der Waals surface area contributed by atoms with Crippen LogP contribution in [-0.4, -0.2) is 65.5 Å². The van der Waals surface area contributed by atoms with Crippen molar-refractivity contribution < 1.29 is 9.59 Å². The Morgan fingerprint density at radius 1 is 1.20 bits per heavy atom. The Balaban J connectivity index is 0.00000312. The number of likely N-dealkylation sites (tertiary alicyclic amines) is 1. The summed E-state index contributed by atoms with van der Waals surface area (Å²) in [7, 11) is 0. The lowest BCUT2D eigenvalue weighted by atomic mass is 9.91. The van der Waals surface area contributed by atoms with Crippen LogP contribution in [0.15, 0.2) is 0 Å². The summed E-state index contributed by atoms with van der Waals surface area (Å²) < 4.78 is 0. The summed E-state index contributed by atoms with van der Waals surface area (Å²) in [6, 6.07) is -0.254. The maximum atomic E-state index is 12.9. The largest absolute Gasteiger partial charge is 0.341 e. The molecule has 0 aromatic heterocycles. The Kier molecular flexibility index (Phi) is 9.05. The van der Waals surface area contributed by atoms with Crippen LogP contribution in [0.25, 0.3) is 0 Å². The molecule has 2 aliphatic rings. The third-order valence-corrected chi connectivity index (χ3v) is 5.79. The fourth-order valence-electron chi connectivity index (χ4n) is 3.36. The van der Waals surface area contributed by atoms with Crippen LogP contribution >= 0.6 is 24.2 Å². The minimum Gasteiger partial charge on any atom is -0.341 e. The predicted molar refractivity (Wildman–Crippen MR) is 107 cm³/mol. The van der Waals surface area contributed by atoms with Crippen molar-refractivity contribution in [1.82, 2.24) is 15.1 Å². The first-order valence-electron chi connectivity index (χ1n) is 9.18. The highest BCUT2D eigenvalue weighted by Crippen LogP contribution is 2.28. The van der Waals surface area contributed by atoms with E-state index in [9.17, 15) is 9.59 Å². The molecule has 0 bridgehead atoms. The van der Waals surface area contributed by atoms with Gasteiger partial charge in [0, 0.05) is 25.3 Å². The maximum Gasteiger partial charge on any atom is 0.246 e. The zero-order chi connectivity index (χ0) is 17.7. The molecular formula is C18H34ClN3O2S. The van der Waals surface area contributed by atoms with E-state index in [0.717, 1.165) is 44.8 Å². The molecule has 1 N–H and O–H groups in total. The molecule has 0 aromatic carbocycles. The van der Waals surface area contributed by atoms with Crippen molar-refractivity contribution in [3.63, 3.8) is 0 Å². The number of hydrogen-bond acceptors (Lipinski definition) is 4. The zero-order valence-corrected chi connectivity index (χ0v) is 17.7. The van der Waals surface area contributed by atoms with E-state index in [0.29, 0.717) is 18.2 Å². The summed E-state index contributed by atoms with van der Waals surface area (Å²) in [6.07, 6.45) is 2.63. The Hall–Kier alpha value is -0.460. The quantitative estimate of drug-likeness (QED) is 0.782. The molecule has 2 amide bonds. The lowest BCUT2D eigenvalue weighted by molar-refractivity contribution is -0.145. The van der Waals surface area contributed by atoms with Gasteiger partial charge in [-0.05, 0) is 37.3 Å².